The summed E-state index contributed by atoms with van der Waals surface area (Å²) in [6.07, 6.45) is 0. The molecular formula is C15H22N2O2. The molecule has 104 valence electrons. The van der Waals surface area contributed by atoms with Gasteiger partial charge in [0.1, 0.15) is 11.8 Å². The van der Waals surface area contributed by atoms with Crippen LogP contribution in [-0.2, 0) is 4.74 Å². The first-order valence-corrected chi connectivity index (χ1v) is 6.44. The minimum Gasteiger partial charge on any atom is -0.497 e. The molecule has 0 saturated heterocycles. The molecule has 1 rings (SSSR count). The Labute approximate surface area is 115 Å². The van der Waals surface area contributed by atoms with Gasteiger partial charge in [0.25, 0.3) is 0 Å². The molecule has 0 amide bonds. The van der Waals surface area contributed by atoms with Gasteiger partial charge in [0.2, 0.25) is 0 Å². The number of hydrogen-bond acceptors (Lipinski definition) is 4. The summed E-state index contributed by atoms with van der Waals surface area (Å²) in [6, 6.07) is 7.76. The van der Waals surface area contributed by atoms with Crippen molar-refractivity contribution in [3.63, 3.8) is 0 Å². The molecule has 0 aliphatic rings. The second kappa shape index (κ2) is 7.65. The second-order valence-electron chi connectivity index (χ2n) is 4.83. The molecule has 19 heavy (non-hydrogen) atoms. The molecule has 0 heterocycles. The molecule has 0 spiro atoms. The van der Waals surface area contributed by atoms with Crippen LogP contribution in [0, 0.1) is 17.2 Å². The predicted molar refractivity (Wildman–Crippen MR) is 76.6 cm³/mol. The molecule has 0 N–H and O–H groups in total. The van der Waals surface area contributed by atoms with E-state index >= 15 is 0 Å². The summed E-state index contributed by atoms with van der Waals surface area (Å²) in [4.78, 5) is 2.18. The summed E-state index contributed by atoms with van der Waals surface area (Å²) in [5.74, 6) is 1.27. The van der Waals surface area contributed by atoms with Crippen molar-refractivity contribution in [3.8, 4) is 11.8 Å². The van der Waals surface area contributed by atoms with Crippen LogP contribution in [0.2, 0.25) is 0 Å². The van der Waals surface area contributed by atoms with Crippen LogP contribution in [0.5, 0.6) is 5.75 Å². The normalized spacial score (nSPS) is 10.3. The van der Waals surface area contributed by atoms with Crippen LogP contribution in [-0.4, -0.2) is 33.9 Å². The Morgan fingerprint density at radius 1 is 1.32 bits per heavy atom. The molecule has 1 aromatic carbocycles. The average molecular weight is 262 g/mol. The average Bonchev–Trinajstić information content (AvgIpc) is 2.42. The highest BCUT2D eigenvalue weighted by molar-refractivity contribution is 5.62. The fraction of sp³-hybridized carbons (Fsp3) is 0.533. The van der Waals surface area contributed by atoms with E-state index in [0.29, 0.717) is 18.1 Å². The van der Waals surface area contributed by atoms with Gasteiger partial charge in [-0.3, -0.25) is 0 Å². The summed E-state index contributed by atoms with van der Waals surface area (Å²) in [5.41, 5.74) is 1.57. The zero-order valence-corrected chi connectivity index (χ0v) is 12.1. The second-order valence-corrected chi connectivity index (χ2v) is 4.83. The van der Waals surface area contributed by atoms with Crippen LogP contribution in [0.1, 0.15) is 19.4 Å². The molecule has 0 fully saturated rings. The summed E-state index contributed by atoms with van der Waals surface area (Å²) in [5, 5.41) is 9.24. The van der Waals surface area contributed by atoms with E-state index < -0.39 is 0 Å². The standard InChI is InChI=1S/C15H22N2O2/c1-12(2)11-17(7-8-18-3)15-9-14(19-4)6-5-13(15)10-16/h5-6,9,12H,7-8,11H2,1-4H3. The SMILES string of the molecule is COCCN(CC(C)C)c1cc(OC)ccc1C#N. The van der Waals surface area contributed by atoms with E-state index in [1.54, 1.807) is 20.3 Å². The van der Waals surface area contributed by atoms with Crippen LogP contribution in [0.25, 0.3) is 0 Å². The van der Waals surface area contributed by atoms with Gasteiger partial charge >= 0.3 is 0 Å². The number of methoxy groups -OCH3 is 2. The maximum absolute atomic E-state index is 9.24. The van der Waals surface area contributed by atoms with Gasteiger partial charge in [0.05, 0.1) is 25.0 Å². The Bertz CT molecular complexity index is 438. The monoisotopic (exact) mass is 262 g/mol. The third kappa shape index (κ3) is 4.46. The van der Waals surface area contributed by atoms with Crippen LogP contribution in [0.15, 0.2) is 18.2 Å². The number of rotatable bonds is 7. The highest BCUT2D eigenvalue weighted by Crippen LogP contribution is 2.26. The van der Waals surface area contributed by atoms with E-state index in [4.69, 9.17) is 9.47 Å². The predicted octanol–water partition coefficient (Wildman–Crippen LogP) is 2.68. The van der Waals surface area contributed by atoms with Crippen molar-refractivity contribution in [1.29, 1.82) is 5.26 Å². The number of benzene rings is 1. The lowest BCUT2D eigenvalue weighted by Gasteiger charge is -2.27. The number of ether oxygens (including phenoxy) is 2. The minimum absolute atomic E-state index is 0.509. The molecular weight excluding hydrogens is 240 g/mol. The van der Waals surface area contributed by atoms with Gasteiger partial charge in [-0.05, 0) is 18.1 Å². The van der Waals surface area contributed by atoms with Crippen LogP contribution >= 0.6 is 0 Å². The van der Waals surface area contributed by atoms with E-state index in [2.05, 4.69) is 24.8 Å². The first-order chi connectivity index (χ1) is 9.12. The Morgan fingerprint density at radius 3 is 2.58 bits per heavy atom. The number of anilines is 1. The number of hydrogen-bond donors (Lipinski definition) is 0. The fourth-order valence-corrected chi connectivity index (χ4v) is 1.95. The third-order valence-corrected chi connectivity index (χ3v) is 2.82. The van der Waals surface area contributed by atoms with E-state index in [1.807, 2.05) is 12.1 Å². The van der Waals surface area contributed by atoms with Crippen molar-refractivity contribution in [2.45, 2.75) is 13.8 Å². The molecule has 4 nitrogen and oxygen atoms in total. The summed E-state index contributed by atoms with van der Waals surface area (Å²) in [6.45, 7) is 6.59. The van der Waals surface area contributed by atoms with E-state index in [-0.39, 0.29) is 0 Å². The molecule has 4 heteroatoms. The molecule has 1 aromatic rings. The van der Waals surface area contributed by atoms with Crippen LogP contribution in [0.4, 0.5) is 5.69 Å². The maximum atomic E-state index is 9.24. The highest BCUT2D eigenvalue weighted by atomic mass is 16.5. The lowest BCUT2D eigenvalue weighted by Crippen LogP contribution is -2.31. The van der Waals surface area contributed by atoms with Crippen molar-refractivity contribution in [1.82, 2.24) is 0 Å². The van der Waals surface area contributed by atoms with Gasteiger partial charge in [0.15, 0.2) is 0 Å². The van der Waals surface area contributed by atoms with Crippen molar-refractivity contribution in [2.24, 2.45) is 5.92 Å². The summed E-state index contributed by atoms with van der Waals surface area (Å²) >= 11 is 0. The Hall–Kier alpha value is -1.73. The van der Waals surface area contributed by atoms with Crippen molar-refractivity contribution in [2.75, 3.05) is 38.8 Å². The van der Waals surface area contributed by atoms with Crippen LogP contribution in [0.3, 0.4) is 0 Å². The van der Waals surface area contributed by atoms with E-state index in [9.17, 15) is 5.26 Å². The quantitative estimate of drug-likeness (QED) is 0.758. The van der Waals surface area contributed by atoms with Gasteiger partial charge in [-0.25, -0.2) is 0 Å². The van der Waals surface area contributed by atoms with Gasteiger partial charge < -0.3 is 14.4 Å². The molecule has 0 aromatic heterocycles. The van der Waals surface area contributed by atoms with Crippen molar-refractivity contribution in [3.05, 3.63) is 23.8 Å². The Balaban J connectivity index is 3.07. The molecule has 0 radical (unpaired) electrons. The molecule has 0 bridgehead atoms. The molecule has 0 saturated carbocycles. The third-order valence-electron chi connectivity index (χ3n) is 2.82. The Morgan fingerprint density at radius 2 is 2.05 bits per heavy atom. The van der Waals surface area contributed by atoms with Crippen molar-refractivity contribution >= 4 is 5.69 Å². The molecule has 0 aliphatic heterocycles. The first kappa shape index (κ1) is 15.3. The number of nitrogens with zero attached hydrogens (tertiary/aromatic N) is 2. The zero-order chi connectivity index (χ0) is 14.3. The van der Waals surface area contributed by atoms with Gasteiger partial charge in [-0.1, -0.05) is 13.8 Å². The van der Waals surface area contributed by atoms with Crippen LogP contribution < -0.4 is 9.64 Å². The van der Waals surface area contributed by atoms with Crippen molar-refractivity contribution < 1.29 is 9.47 Å². The van der Waals surface area contributed by atoms with Gasteiger partial charge in [-0.15, -0.1) is 0 Å². The lowest BCUT2D eigenvalue weighted by molar-refractivity contribution is 0.204. The fourth-order valence-electron chi connectivity index (χ4n) is 1.95. The first-order valence-electron chi connectivity index (χ1n) is 6.44. The maximum Gasteiger partial charge on any atom is 0.121 e. The largest absolute Gasteiger partial charge is 0.497 e. The molecule has 0 aliphatic carbocycles. The van der Waals surface area contributed by atoms with Gasteiger partial charge in [-0.2, -0.15) is 5.26 Å². The van der Waals surface area contributed by atoms with E-state index in [1.165, 1.54) is 0 Å². The smallest absolute Gasteiger partial charge is 0.121 e. The molecule has 0 unspecified atom stereocenters. The Kier molecular flexibility index (Phi) is 6.17. The zero-order valence-electron chi connectivity index (χ0n) is 12.1. The number of nitriles is 1. The highest BCUT2D eigenvalue weighted by Gasteiger charge is 2.13. The van der Waals surface area contributed by atoms with E-state index in [0.717, 1.165) is 24.5 Å². The summed E-state index contributed by atoms with van der Waals surface area (Å²) < 4.78 is 10.4. The minimum atomic E-state index is 0.509. The lowest BCUT2D eigenvalue weighted by atomic mass is 10.1. The summed E-state index contributed by atoms with van der Waals surface area (Å²) in [7, 11) is 3.32. The van der Waals surface area contributed by atoms with Gasteiger partial charge in [0, 0.05) is 26.3 Å². The topological polar surface area (TPSA) is 45.5 Å². The molecule has 0 atom stereocenters.